The number of carbonyl (C=O) groups is 1. The second-order valence-corrected chi connectivity index (χ2v) is 7.01. The zero-order chi connectivity index (χ0) is 20.4. The Morgan fingerprint density at radius 2 is 1.69 bits per heavy atom. The van der Waals surface area contributed by atoms with E-state index in [0.29, 0.717) is 11.1 Å². The van der Waals surface area contributed by atoms with Gasteiger partial charge in [-0.1, -0.05) is 54.6 Å². The second kappa shape index (κ2) is 7.97. The van der Waals surface area contributed by atoms with Crippen molar-refractivity contribution in [1.82, 2.24) is 10.3 Å². The number of halogens is 2. The van der Waals surface area contributed by atoms with Crippen LogP contribution in [0.1, 0.15) is 40.5 Å². The average molecular weight is 390 g/mol. The van der Waals surface area contributed by atoms with Crippen LogP contribution < -0.4 is 5.32 Å². The van der Waals surface area contributed by atoms with Gasteiger partial charge in [0, 0.05) is 40.3 Å². The summed E-state index contributed by atoms with van der Waals surface area (Å²) in [5.74, 6) is -1.40. The van der Waals surface area contributed by atoms with Crippen LogP contribution in [0.4, 0.5) is 8.78 Å². The number of H-pyrrole nitrogens is 1. The molecule has 0 saturated carbocycles. The van der Waals surface area contributed by atoms with Crippen LogP contribution in [-0.2, 0) is 0 Å². The van der Waals surface area contributed by atoms with Crippen molar-refractivity contribution in [3.8, 4) is 0 Å². The molecule has 3 aromatic carbocycles. The number of fused-ring (bicyclic) bond motifs is 1. The van der Waals surface area contributed by atoms with E-state index >= 15 is 0 Å². The van der Waals surface area contributed by atoms with Gasteiger partial charge in [-0.25, -0.2) is 8.78 Å². The summed E-state index contributed by atoms with van der Waals surface area (Å²) in [6.07, 6.45) is 1.70. The Morgan fingerprint density at radius 3 is 2.45 bits per heavy atom. The number of Topliss-reactive ketones (excluding diaryl/α,β-unsaturated/α-hetero) is 1. The zero-order valence-corrected chi connectivity index (χ0v) is 15.8. The van der Waals surface area contributed by atoms with Gasteiger partial charge in [-0.3, -0.25) is 10.1 Å². The number of hydrogen-bond donors (Lipinski definition) is 2. The molecule has 3 nitrogen and oxygen atoms in total. The highest BCUT2D eigenvalue weighted by Crippen LogP contribution is 2.28. The molecule has 0 aliphatic rings. The number of hydrogen-bond acceptors (Lipinski definition) is 2. The van der Waals surface area contributed by atoms with Crippen LogP contribution in [0.5, 0.6) is 0 Å². The summed E-state index contributed by atoms with van der Waals surface area (Å²) in [6, 6.07) is 19.2. The van der Waals surface area contributed by atoms with Gasteiger partial charge in [0.05, 0.1) is 6.04 Å². The van der Waals surface area contributed by atoms with Crippen molar-refractivity contribution in [2.45, 2.75) is 19.0 Å². The Kier molecular flexibility index (Phi) is 5.23. The normalized spacial score (nSPS) is 13.3. The number of rotatable bonds is 6. The Morgan fingerprint density at radius 1 is 0.966 bits per heavy atom. The molecule has 0 saturated heterocycles. The molecule has 29 heavy (non-hydrogen) atoms. The molecular formula is C24H20F2N2O. The molecule has 0 spiro atoms. The number of aromatic amines is 1. The fourth-order valence-corrected chi connectivity index (χ4v) is 3.59. The average Bonchev–Trinajstić information content (AvgIpc) is 3.16. The third-order valence-corrected chi connectivity index (χ3v) is 5.10. The first-order valence-electron chi connectivity index (χ1n) is 9.41. The molecule has 0 unspecified atom stereocenters. The summed E-state index contributed by atoms with van der Waals surface area (Å²) in [4.78, 5) is 16.6. The molecule has 4 aromatic rings. The van der Waals surface area contributed by atoms with E-state index in [2.05, 4.69) is 10.3 Å². The summed E-state index contributed by atoms with van der Waals surface area (Å²) in [7, 11) is 0. The van der Waals surface area contributed by atoms with E-state index in [-0.39, 0.29) is 5.78 Å². The van der Waals surface area contributed by atoms with Gasteiger partial charge in [0.2, 0.25) is 0 Å². The molecule has 0 fully saturated rings. The van der Waals surface area contributed by atoms with E-state index in [0.717, 1.165) is 22.5 Å². The van der Waals surface area contributed by atoms with E-state index < -0.39 is 23.7 Å². The van der Waals surface area contributed by atoms with Crippen molar-refractivity contribution in [3.63, 3.8) is 0 Å². The number of nitrogens with one attached hydrogen (secondary N) is 2. The standard InChI is InChI=1S/C24H20F2N2O/c1-15(18-12-11-17(25)13-21(18)26)28-23(16-7-3-2-4-8-16)24(29)20-14-27-22-10-6-5-9-19(20)22/h2-15,23,27-28H,1H3/t15-,23-/m0/s1. The van der Waals surface area contributed by atoms with Gasteiger partial charge < -0.3 is 4.98 Å². The maximum atomic E-state index is 14.3. The lowest BCUT2D eigenvalue weighted by Crippen LogP contribution is -2.31. The highest BCUT2D eigenvalue weighted by atomic mass is 19.1. The first kappa shape index (κ1) is 19.0. The molecule has 0 aliphatic heterocycles. The van der Waals surface area contributed by atoms with Crippen LogP contribution in [0.2, 0.25) is 0 Å². The molecule has 0 amide bonds. The predicted molar refractivity (Wildman–Crippen MR) is 110 cm³/mol. The summed E-state index contributed by atoms with van der Waals surface area (Å²) in [6.45, 7) is 1.76. The van der Waals surface area contributed by atoms with Gasteiger partial charge >= 0.3 is 0 Å². The van der Waals surface area contributed by atoms with Gasteiger partial charge in [-0.2, -0.15) is 0 Å². The molecule has 5 heteroatoms. The van der Waals surface area contributed by atoms with Gasteiger partial charge in [0.15, 0.2) is 5.78 Å². The molecule has 1 aromatic heterocycles. The van der Waals surface area contributed by atoms with Crippen molar-refractivity contribution >= 4 is 16.7 Å². The first-order chi connectivity index (χ1) is 14.0. The van der Waals surface area contributed by atoms with Gasteiger partial charge in [-0.05, 0) is 24.6 Å². The smallest absolute Gasteiger partial charge is 0.186 e. The maximum Gasteiger partial charge on any atom is 0.186 e. The van der Waals surface area contributed by atoms with Crippen LogP contribution in [0.25, 0.3) is 10.9 Å². The van der Waals surface area contributed by atoms with Crippen molar-refractivity contribution in [1.29, 1.82) is 0 Å². The van der Waals surface area contributed by atoms with Crippen LogP contribution in [0, 0.1) is 11.6 Å². The SMILES string of the molecule is C[C@H](N[C@H](C(=O)c1c[nH]c2ccccc12)c1ccccc1)c1ccc(F)cc1F. The third kappa shape index (κ3) is 3.82. The Balaban J connectivity index is 1.71. The number of carbonyl (C=O) groups excluding carboxylic acids is 1. The number of benzene rings is 3. The van der Waals surface area contributed by atoms with Gasteiger partial charge in [0.1, 0.15) is 11.6 Å². The maximum absolute atomic E-state index is 14.3. The van der Waals surface area contributed by atoms with Crippen molar-refractivity contribution in [2.75, 3.05) is 0 Å². The number of ketones is 1. The molecule has 4 rings (SSSR count). The number of para-hydroxylation sites is 1. The Labute approximate surface area is 167 Å². The molecule has 2 atom stereocenters. The Bertz CT molecular complexity index is 1150. The molecule has 146 valence electrons. The predicted octanol–water partition coefficient (Wildman–Crippen LogP) is 5.72. The molecule has 0 aliphatic carbocycles. The Hall–Kier alpha value is -3.31. The summed E-state index contributed by atoms with van der Waals surface area (Å²) < 4.78 is 27.5. The van der Waals surface area contributed by atoms with E-state index in [1.165, 1.54) is 12.1 Å². The summed E-state index contributed by atoms with van der Waals surface area (Å²) in [5, 5.41) is 4.07. The van der Waals surface area contributed by atoms with E-state index in [1.807, 2.05) is 54.6 Å². The highest BCUT2D eigenvalue weighted by molar-refractivity contribution is 6.10. The van der Waals surface area contributed by atoms with Crippen LogP contribution in [-0.4, -0.2) is 10.8 Å². The fourth-order valence-electron chi connectivity index (χ4n) is 3.59. The zero-order valence-electron chi connectivity index (χ0n) is 15.8. The summed E-state index contributed by atoms with van der Waals surface area (Å²) in [5.41, 5.74) is 2.52. The molecule has 2 N–H and O–H groups in total. The minimum atomic E-state index is -0.685. The number of aromatic nitrogens is 1. The van der Waals surface area contributed by atoms with Gasteiger partial charge in [-0.15, -0.1) is 0 Å². The lowest BCUT2D eigenvalue weighted by Gasteiger charge is -2.23. The van der Waals surface area contributed by atoms with Crippen LogP contribution >= 0.6 is 0 Å². The lowest BCUT2D eigenvalue weighted by molar-refractivity contribution is 0.0938. The molecular weight excluding hydrogens is 370 g/mol. The fraction of sp³-hybridized carbons (Fsp3) is 0.125. The van der Waals surface area contributed by atoms with Crippen LogP contribution in [0.15, 0.2) is 79.0 Å². The highest BCUT2D eigenvalue weighted by Gasteiger charge is 2.26. The van der Waals surface area contributed by atoms with Crippen molar-refractivity contribution in [2.24, 2.45) is 0 Å². The van der Waals surface area contributed by atoms with Crippen molar-refractivity contribution in [3.05, 3.63) is 107 Å². The molecule has 0 radical (unpaired) electrons. The minimum absolute atomic E-state index is 0.122. The topological polar surface area (TPSA) is 44.9 Å². The van der Waals surface area contributed by atoms with E-state index in [9.17, 15) is 13.6 Å². The monoisotopic (exact) mass is 390 g/mol. The minimum Gasteiger partial charge on any atom is -0.360 e. The lowest BCUT2D eigenvalue weighted by atomic mass is 9.95. The molecule has 0 bridgehead atoms. The first-order valence-corrected chi connectivity index (χ1v) is 9.41. The van der Waals surface area contributed by atoms with Gasteiger partial charge in [0.25, 0.3) is 0 Å². The van der Waals surface area contributed by atoms with E-state index in [1.54, 1.807) is 13.1 Å². The largest absolute Gasteiger partial charge is 0.360 e. The van der Waals surface area contributed by atoms with Crippen LogP contribution in [0.3, 0.4) is 0 Å². The quantitative estimate of drug-likeness (QED) is 0.414. The van der Waals surface area contributed by atoms with Crippen molar-refractivity contribution < 1.29 is 13.6 Å². The second-order valence-electron chi connectivity index (χ2n) is 7.01. The molecule has 1 heterocycles. The van der Waals surface area contributed by atoms with E-state index in [4.69, 9.17) is 0 Å². The summed E-state index contributed by atoms with van der Waals surface area (Å²) >= 11 is 0. The third-order valence-electron chi connectivity index (χ3n) is 5.10.